The van der Waals surface area contributed by atoms with Crippen LogP contribution >= 0.6 is 0 Å². The van der Waals surface area contributed by atoms with Gasteiger partial charge in [-0.25, -0.2) is 0 Å². The molecule has 2 heteroatoms. The molecule has 1 aromatic rings. The molecule has 0 saturated heterocycles. The Hall–Kier alpha value is -0.860. The van der Waals surface area contributed by atoms with Crippen LogP contribution in [0.3, 0.4) is 0 Å². The SMILES string of the molecule is CNCCC(O)c1ccc(C)cc1. The molecule has 0 aliphatic carbocycles. The summed E-state index contributed by atoms with van der Waals surface area (Å²) in [5, 5.41) is 12.7. The first-order valence-electron chi connectivity index (χ1n) is 4.63. The zero-order valence-corrected chi connectivity index (χ0v) is 8.25. The van der Waals surface area contributed by atoms with Crippen LogP contribution in [0.5, 0.6) is 0 Å². The Morgan fingerprint density at radius 1 is 1.31 bits per heavy atom. The van der Waals surface area contributed by atoms with Crippen LogP contribution in [0.2, 0.25) is 0 Å². The van der Waals surface area contributed by atoms with Crippen molar-refractivity contribution in [3.63, 3.8) is 0 Å². The summed E-state index contributed by atoms with van der Waals surface area (Å²) in [6.07, 6.45) is 0.424. The molecule has 2 N–H and O–H groups in total. The van der Waals surface area contributed by atoms with E-state index in [1.165, 1.54) is 5.56 Å². The van der Waals surface area contributed by atoms with E-state index in [2.05, 4.69) is 5.32 Å². The predicted molar refractivity (Wildman–Crippen MR) is 54.7 cm³/mol. The third kappa shape index (κ3) is 3.17. The standard InChI is InChI=1S/C11H17NO/c1-9-3-5-10(6-4-9)11(13)7-8-12-2/h3-6,11-13H,7-8H2,1-2H3. The van der Waals surface area contributed by atoms with Gasteiger partial charge in [0, 0.05) is 0 Å². The van der Waals surface area contributed by atoms with Crippen molar-refractivity contribution in [1.82, 2.24) is 5.32 Å². The fourth-order valence-electron chi connectivity index (χ4n) is 1.24. The van der Waals surface area contributed by atoms with Gasteiger partial charge in [-0.05, 0) is 32.5 Å². The highest BCUT2D eigenvalue weighted by molar-refractivity contribution is 5.22. The zero-order valence-electron chi connectivity index (χ0n) is 8.25. The van der Waals surface area contributed by atoms with Gasteiger partial charge in [0.1, 0.15) is 0 Å². The number of rotatable bonds is 4. The van der Waals surface area contributed by atoms with Crippen molar-refractivity contribution in [1.29, 1.82) is 0 Å². The van der Waals surface area contributed by atoms with Crippen LogP contribution in [0.4, 0.5) is 0 Å². The van der Waals surface area contributed by atoms with E-state index in [-0.39, 0.29) is 6.10 Å². The van der Waals surface area contributed by atoms with Crippen LogP contribution in [0.15, 0.2) is 24.3 Å². The third-order valence-corrected chi connectivity index (χ3v) is 2.13. The maximum Gasteiger partial charge on any atom is 0.0802 e. The van der Waals surface area contributed by atoms with Crippen molar-refractivity contribution in [2.45, 2.75) is 19.4 Å². The van der Waals surface area contributed by atoms with Gasteiger partial charge in [0.15, 0.2) is 0 Å². The maximum atomic E-state index is 9.70. The highest BCUT2D eigenvalue weighted by Crippen LogP contribution is 2.16. The van der Waals surface area contributed by atoms with Crippen LogP contribution in [0.1, 0.15) is 23.7 Å². The van der Waals surface area contributed by atoms with Gasteiger partial charge in [0.25, 0.3) is 0 Å². The van der Waals surface area contributed by atoms with E-state index in [1.54, 1.807) is 0 Å². The van der Waals surface area contributed by atoms with E-state index in [0.29, 0.717) is 0 Å². The van der Waals surface area contributed by atoms with E-state index in [9.17, 15) is 5.11 Å². The molecule has 0 aliphatic rings. The third-order valence-electron chi connectivity index (χ3n) is 2.13. The molecule has 0 spiro atoms. The number of hydrogen-bond acceptors (Lipinski definition) is 2. The monoisotopic (exact) mass is 179 g/mol. The number of aliphatic hydroxyl groups is 1. The Kier molecular flexibility index (Phi) is 3.93. The molecule has 1 rings (SSSR count). The average Bonchev–Trinajstić information content (AvgIpc) is 2.15. The molecule has 0 radical (unpaired) electrons. The molecule has 0 heterocycles. The average molecular weight is 179 g/mol. The maximum absolute atomic E-state index is 9.70. The normalized spacial score (nSPS) is 12.8. The minimum atomic E-state index is -0.340. The van der Waals surface area contributed by atoms with Crippen LogP contribution in [0.25, 0.3) is 0 Å². The van der Waals surface area contributed by atoms with Crippen molar-refractivity contribution in [3.8, 4) is 0 Å². The Balaban J connectivity index is 2.55. The molecule has 13 heavy (non-hydrogen) atoms. The van der Waals surface area contributed by atoms with E-state index >= 15 is 0 Å². The molecule has 0 saturated carbocycles. The Morgan fingerprint density at radius 2 is 1.92 bits per heavy atom. The quantitative estimate of drug-likeness (QED) is 0.736. The van der Waals surface area contributed by atoms with E-state index in [1.807, 2.05) is 38.2 Å². The first kappa shape index (κ1) is 10.2. The fourth-order valence-corrected chi connectivity index (χ4v) is 1.24. The minimum absolute atomic E-state index is 0.340. The highest BCUT2D eigenvalue weighted by Gasteiger charge is 2.05. The van der Waals surface area contributed by atoms with E-state index < -0.39 is 0 Å². The summed E-state index contributed by atoms with van der Waals surface area (Å²) >= 11 is 0. The summed E-state index contributed by atoms with van der Waals surface area (Å²) < 4.78 is 0. The molecular formula is C11H17NO. The van der Waals surface area contributed by atoms with Crippen molar-refractivity contribution in [2.75, 3.05) is 13.6 Å². The Bertz CT molecular complexity index is 243. The molecule has 72 valence electrons. The first-order chi connectivity index (χ1) is 6.24. The number of benzene rings is 1. The van der Waals surface area contributed by atoms with Gasteiger partial charge in [-0.2, -0.15) is 0 Å². The second kappa shape index (κ2) is 5.00. The summed E-state index contributed by atoms with van der Waals surface area (Å²) in [4.78, 5) is 0. The number of hydrogen-bond donors (Lipinski definition) is 2. The van der Waals surface area contributed by atoms with Crippen LogP contribution in [-0.4, -0.2) is 18.7 Å². The molecule has 0 aromatic heterocycles. The molecule has 0 fully saturated rings. The summed E-state index contributed by atoms with van der Waals surface area (Å²) in [7, 11) is 1.89. The Morgan fingerprint density at radius 3 is 2.46 bits per heavy atom. The smallest absolute Gasteiger partial charge is 0.0802 e. The number of aryl methyl sites for hydroxylation is 1. The summed E-state index contributed by atoms with van der Waals surface area (Å²) in [6, 6.07) is 8.02. The topological polar surface area (TPSA) is 32.3 Å². The highest BCUT2D eigenvalue weighted by atomic mass is 16.3. The number of aliphatic hydroxyl groups excluding tert-OH is 1. The first-order valence-corrected chi connectivity index (χ1v) is 4.63. The van der Waals surface area contributed by atoms with Gasteiger partial charge in [-0.3, -0.25) is 0 Å². The molecule has 2 nitrogen and oxygen atoms in total. The lowest BCUT2D eigenvalue weighted by atomic mass is 10.1. The van der Waals surface area contributed by atoms with E-state index in [4.69, 9.17) is 0 Å². The van der Waals surface area contributed by atoms with Gasteiger partial charge in [-0.15, -0.1) is 0 Å². The molecule has 1 unspecified atom stereocenters. The molecule has 1 atom stereocenters. The van der Waals surface area contributed by atoms with Crippen LogP contribution in [-0.2, 0) is 0 Å². The fraction of sp³-hybridized carbons (Fsp3) is 0.455. The van der Waals surface area contributed by atoms with Gasteiger partial charge in [-0.1, -0.05) is 29.8 Å². The number of nitrogens with one attached hydrogen (secondary N) is 1. The van der Waals surface area contributed by atoms with Crippen molar-refractivity contribution in [3.05, 3.63) is 35.4 Å². The van der Waals surface area contributed by atoms with Crippen LogP contribution in [0, 0.1) is 6.92 Å². The second-order valence-electron chi connectivity index (χ2n) is 3.32. The second-order valence-corrected chi connectivity index (χ2v) is 3.32. The zero-order chi connectivity index (χ0) is 9.68. The molecule has 1 aromatic carbocycles. The van der Waals surface area contributed by atoms with Crippen molar-refractivity contribution < 1.29 is 5.11 Å². The molecular weight excluding hydrogens is 162 g/mol. The molecule has 0 amide bonds. The largest absolute Gasteiger partial charge is 0.388 e. The lowest BCUT2D eigenvalue weighted by molar-refractivity contribution is 0.167. The van der Waals surface area contributed by atoms with Crippen molar-refractivity contribution in [2.24, 2.45) is 0 Å². The summed E-state index contributed by atoms with van der Waals surface area (Å²) in [5.41, 5.74) is 2.23. The van der Waals surface area contributed by atoms with Gasteiger partial charge >= 0.3 is 0 Å². The minimum Gasteiger partial charge on any atom is -0.388 e. The van der Waals surface area contributed by atoms with E-state index in [0.717, 1.165) is 18.5 Å². The summed E-state index contributed by atoms with van der Waals surface area (Å²) in [6.45, 7) is 2.89. The molecule has 0 aliphatic heterocycles. The lowest BCUT2D eigenvalue weighted by Crippen LogP contribution is -2.11. The van der Waals surface area contributed by atoms with Gasteiger partial charge in [0.05, 0.1) is 6.10 Å². The predicted octanol–water partition coefficient (Wildman–Crippen LogP) is 1.64. The summed E-state index contributed by atoms with van der Waals surface area (Å²) in [5.74, 6) is 0. The van der Waals surface area contributed by atoms with Gasteiger partial charge in [0.2, 0.25) is 0 Å². The van der Waals surface area contributed by atoms with Crippen molar-refractivity contribution >= 4 is 0 Å². The molecule has 0 bridgehead atoms. The Labute approximate surface area is 79.6 Å². The van der Waals surface area contributed by atoms with Crippen LogP contribution < -0.4 is 5.32 Å². The van der Waals surface area contributed by atoms with Gasteiger partial charge < -0.3 is 10.4 Å². The lowest BCUT2D eigenvalue weighted by Gasteiger charge is -2.10.